The Morgan fingerprint density at radius 1 is 1.40 bits per heavy atom. The fourth-order valence-electron chi connectivity index (χ4n) is 0.997. The molecule has 1 amide bonds. The molecule has 1 aromatic rings. The third-order valence-electron chi connectivity index (χ3n) is 1.67. The molecular weight excluding hydrogens is 202 g/mol. The molecule has 0 saturated carbocycles. The quantitative estimate of drug-likeness (QED) is 0.806. The number of nitrogens with zero attached hydrogens (tertiary/aromatic N) is 1. The van der Waals surface area contributed by atoms with Crippen LogP contribution in [0.1, 0.15) is 17.3 Å². The van der Waals surface area contributed by atoms with Crippen molar-refractivity contribution < 1.29 is 13.6 Å². The SMILES string of the molecule is CC(C#N)NC(=O)c1cc(F)cc(F)c1. The number of carbonyl (C=O) groups excluding carboxylic acids is 1. The van der Waals surface area contributed by atoms with Gasteiger partial charge in [-0.15, -0.1) is 0 Å². The number of rotatable bonds is 2. The van der Waals surface area contributed by atoms with E-state index in [2.05, 4.69) is 5.32 Å². The van der Waals surface area contributed by atoms with Gasteiger partial charge in [0, 0.05) is 11.6 Å². The van der Waals surface area contributed by atoms with Gasteiger partial charge in [-0.2, -0.15) is 5.26 Å². The zero-order valence-electron chi connectivity index (χ0n) is 7.92. The molecular formula is C10H8F2N2O. The van der Waals surface area contributed by atoms with E-state index in [0.717, 1.165) is 12.1 Å². The summed E-state index contributed by atoms with van der Waals surface area (Å²) in [6.07, 6.45) is 0. The Morgan fingerprint density at radius 3 is 2.40 bits per heavy atom. The van der Waals surface area contributed by atoms with Crippen molar-refractivity contribution in [2.75, 3.05) is 0 Å². The van der Waals surface area contributed by atoms with E-state index in [1.807, 2.05) is 0 Å². The van der Waals surface area contributed by atoms with Crippen LogP contribution in [0.3, 0.4) is 0 Å². The summed E-state index contributed by atoms with van der Waals surface area (Å²) in [5.41, 5.74) is -0.144. The molecule has 1 aromatic carbocycles. The van der Waals surface area contributed by atoms with Crippen LogP contribution in [0.15, 0.2) is 18.2 Å². The Morgan fingerprint density at radius 2 is 1.93 bits per heavy atom. The molecule has 78 valence electrons. The fourth-order valence-corrected chi connectivity index (χ4v) is 0.997. The summed E-state index contributed by atoms with van der Waals surface area (Å²) >= 11 is 0. The molecule has 0 aromatic heterocycles. The maximum atomic E-state index is 12.7. The summed E-state index contributed by atoms with van der Waals surface area (Å²) in [6.45, 7) is 1.47. The molecule has 5 heteroatoms. The summed E-state index contributed by atoms with van der Waals surface area (Å²) < 4.78 is 25.4. The molecule has 1 unspecified atom stereocenters. The lowest BCUT2D eigenvalue weighted by atomic mass is 10.2. The van der Waals surface area contributed by atoms with Crippen LogP contribution in [-0.4, -0.2) is 11.9 Å². The second-order valence-corrected chi connectivity index (χ2v) is 2.98. The van der Waals surface area contributed by atoms with Crippen molar-refractivity contribution in [3.05, 3.63) is 35.4 Å². The van der Waals surface area contributed by atoms with Gasteiger partial charge in [-0.3, -0.25) is 4.79 Å². The average molecular weight is 210 g/mol. The van der Waals surface area contributed by atoms with E-state index in [9.17, 15) is 13.6 Å². The summed E-state index contributed by atoms with van der Waals surface area (Å²) in [4.78, 5) is 11.3. The van der Waals surface area contributed by atoms with E-state index in [4.69, 9.17) is 5.26 Å². The Balaban J connectivity index is 2.88. The topological polar surface area (TPSA) is 52.9 Å². The third-order valence-corrected chi connectivity index (χ3v) is 1.67. The van der Waals surface area contributed by atoms with Gasteiger partial charge in [0.05, 0.1) is 6.07 Å². The minimum atomic E-state index is -0.829. The van der Waals surface area contributed by atoms with Crippen molar-refractivity contribution in [2.24, 2.45) is 0 Å². The first-order chi connectivity index (χ1) is 7.02. The van der Waals surface area contributed by atoms with Crippen molar-refractivity contribution in [2.45, 2.75) is 13.0 Å². The van der Waals surface area contributed by atoms with E-state index in [1.54, 1.807) is 6.07 Å². The largest absolute Gasteiger partial charge is 0.337 e. The average Bonchev–Trinajstić information content (AvgIpc) is 2.16. The first-order valence-corrected chi connectivity index (χ1v) is 4.19. The van der Waals surface area contributed by atoms with Crippen LogP contribution in [0.5, 0.6) is 0 Å². The number of benzene rings is 1. The van der Waals surface area contributed by atoms with Crippen molar-refractivity contribution >= 4 is 5.91 Å². The van der Waals surface area contributed by atoms with Crippen LogP contribution >= 0.6 is 0 Å². The van der Waals surface area contributed by atoms with Gasteiger partial charge in [-0.25, -0.2) is 8.78 Å². The predicted molar refractivity (Wildman–Crippen MR) is 48.9 cm³/mol. The Labute approximate surface area is 85.3 Å². The van der Waals surface area contributed by atoms with Crippen LogP contribution < -0.4 is 5.32 Å². The maximum Gasteiger partial charge on any atom is 0.252 e. The second kappa shape index (κ2) is 4.51. The van der Waals surface area contributed by atoms with E-state index in [-0.39, 0.29) is 5.56 Å². The molecule has 0 saturated heterocycles. The lowest BCUT2D eigenvalue weighted by Crippen LogP contribution is -2.31. The van der Waals surface area contributed by atoms with Gasteiger partial charge < -0.3 is 5.32 Å². The van der Waals surface area contributed by atoms with Gasteiger partial charge in [-0.1, -0.05) is 0 Å². The van der Waals surface area contributed by atoms with Gasteiger partial charge in [0.2, 0.25) is 0 Å². The van der Waals surface area contributed by atoms with E-state index >= 15 is 0 Å². The number of nitrogens with one attached hydrogen (secondary N) is 1. The fraction of sp³-hybridized carbons (Fsp3) is 0.200. The molecule has 0 fully saturated rings. The van der Waals surface area contributed by atoms with Crippen molar-refractivity contribution in [3.8, 4) is 6.07 Å². The number of hydrogen-bond donors (Lipinski definition) is 1. The van der Waals surface area contributed by atoms with Crippen molar-refractivity contribution in [1.82, 2.24) is 5.32 Å². The highest BCUT2D eigenvalue weighted by Gasteiger charge is 2.11. The molecule has 0 aliphatic rings. The molecule has 0 bridgehead atoms. The molecule has 0 radical (unpaired) electrons. The lowest BCUT2D eigenvalue weighted by molar-refractivity contribution is 0.0947. The van der Waals surface area contributed by atoms with Crippen LogP contribution in [0.25, 0.3) is 0 Å². The number of carbonyl (C=O) groups is 1. The molecule has 1 atom stereocenters. The second-order valence-electron chi connectivity index (χ2n) is 2.98. The predicted octanol–water partition coefficient (Wildman–Crippen LogP) is 1.61. The zero-order valence-corrected chi connectivity index (χ0v) is 7.92. The summed E-state index contributed by atoms with van der Waals surface area (Å²) in [5, 5.41) is 10.7. The number of halogens is 2. The van der Waals surface area contributed by atoms with Crippen LogP contribution in [0.4, 0.5) is 8.78 Å². The van der Waals surface area contributed by atoms with Gasteiger partial charge in [0.1, 0.15) is 17.7 Å². The van der Waals surface area contributed by atoms with Crippen LogP contribution in [-0.2, 0) is 0 Å². The monoisotopic (exact) mass is 210 g/mol. The van der Waals surface area contributed by atoms with Crippen LogP contribution in [0, 0.1) is 23.0 Å². The van der Waals surface area contributed by atoms with E-state index in [1.165, 1.54) is 6.92 Å². The third kappa shape index (κ3) is 3.02. The van der Waals surface area contributed by atoms with Gasteiger partial charge >= 0.3 is 0 Å². The van der Waals surface area contributed by atoms with Crippen molar-refractivity contribution in [1.29, 1.82) is 5.26 Å². The Hall–Kier alpha value is -1.96. The minimum absolute atomic E-state index is 0.144. The normalized spacial score (nSPS) is 11.6. The first-order valence-electron chi connectivity index (χ1n) is 4.19. The van der Waals surface area contributed by atoms with Gasteiger partial charge in [0.15, 0.2) is 0 Å². The molecule has 0 heterocycles. The molecule has 3 nitrogen and oxygen atoms in total. The van der Waals surface area contributed by atoms with Gasteiger partial charge in [-0.05, 0) is 19.1 Å². The van der Waals surface area contributed by atoms with E-state index < -0.39 is 23.6 Å². The zero-order chi connectivity index (χ0) is 11.4. The lowest BCUT2D eigenvalue weighted by Gasteiger charge is -2.06. The summed E-state index contributed by atoms with van der Waals surface area (Å²) in [6, 6.07) is 3.55. The smallest absolute Gasteiger partial charge is 0.252 e. The maximum absolute atomic E-state index is 12.7. The Kier molecular flexibility index (Phi) is 3.34. The Bertz CT molecular complexity index is 406. The molecule has 1 rings (SSSR count). The number of nitriles is 1. The number of amides is 1. The minimum Gasteiger partial charge on any atom is -0.337 e. The van der Waals surface area contributed by atoms with Gasteiger partial charge in [0.25, 0.3) is 5.91 Å². The number of hydrogen-bond acceptors (Lipinski definition) is 2. The molecule has 1 N–H and O–H groups in total. The molecule has 0 spiro atoms. The van der Waals surface area contributed by atoms with Crippen LogP contribution in [0.2, 0.25) is 0 Å². The van der Waals surface area contributed by atoms with E-state index in [0.29, 0.717) is 6.07 Å². The highest BCUT2D eigenvalue weighted by atomic mass is 19.1. The molecule has 0 aliphatic carbocycles. The standard InChI is InChI=1S/C10H8F2N2O/c1-6(5-13)14-10(15)7-2-8(11)4-9(12)3-7/h2-4,6H,1H3,(H,14,15). The summed E-state index contributed by atoms with van der Waals surface area (Å²) in [5.74, 6) is -2.34. The highest BCUT2D eigenvalue weighted by molar-refractivity contribution is 5.94. The highest BCUT2D eigenvalue weighted by Crippen LogP contribution is 2.07. The molecule has 0 aliphatic heterocycles. The summed E-state index contributed by atoms with van der Waals surface area (Å²) in [7, 11) is 0. The van der Waals surface area contributed by atoms with Crippen molar-refractivity contribution in [3.63, 3.8) is 0 Å². The molecule has 15 heavy (non-hydrogen) atoms. The first kappa shape index (κ1) is 11.1.